The standard InChI is InChI=1S/C13H19N3O/c14-7-9-3-4-15-8-13(9)16-10-1-2-11(16)6-12(17)5-10/h3-4,8,10-12,17H,1-2,5-7,14H2. The quantitative estimate of drug-likeness (QED) is 0.801. The zero-order chi connectivity index (χ0) is 11.8. The van der Waals surface area contributed by atoms with Crippen molar-refractivity contribution in [2.45, 2.75) is 50.4 Å². The minimum Gasteiger partial charge on any atom is -0.393 e. The van der Waals surface area contributed by atoms with Crippen LogP contribution < -0.4 is 10.6 Å². The van der Waals surface area contributed by atoms with Crippen molar-refractivity contribution >= 4 is 5.69 Å². The van der Waals surface area contributed by atoms with Gasteiger partial charge in [0, 0.05) is 24.8 Å². The Kier molecular flexibility index (Phi) is 2.76. The fraction of sp³-hybridized carbons (Fsp3) is 0.615. The van der Waals surface area contributed by atoms with Crippen molar-refractivity contribution in [3.05, 3.63) is 24.0 Å². The summed E-state index contributed by atoms with van der Waals surface area (Å²) in [6.07, 6.45) is 7.73. The number of piperidine rings is 1. The number of nitrogens with zero attached hydrogens (tertiary/aromatic N) is 2. The van der Waals surface area contributed by atoms with E-state index in [0.717, 1.165) is 18.4 Å². The molecule has 4 heteroatoms. The third kappa shape index (κ3) is 1.81. The average Bonchev–Trinajstić information content (AvgIpc) is 2.61. The van der Waals surface area contributed by atoms with E-state index in [9.17, 15) is 5.11 Å². The Morgan fingerprint density at radius 2 is 2.06 bits per heavy atom. The van der Waals surface area contributed by atoms with E-state index in [1.54, 1.807) is 6.20 Å². The molecule has 92 valence electrons. The van der Waals surface area contributed by atoms with Gasteiger partial charge in [-0.05, 0) is 37.3 Å². The Morgan fingerprint density at radius 1 is 1.35 bits per heavy atom. The van der Waals surface area contributed by atoms with Crippen LogP contribution in [0.2, 0.25) is 0 Å². The number of fused-ring (bicyclic) bond motifs is 2. The number of nitrogens with two attached hydrogens (primary N) is 1. The predicted molar refractivity (Wildman–Crippen MR) is 66.7 cm³/mol. The van der Waals surface area contributed by atoms with Crippen LogP contribution in [0.1, 0.15) is 31.2 Å². The van der Waals surface area contributed by atoms with Crippen LogP contribution in [-0.2, 0) is 6.54 Å². The van der Waals surface area contributed by atoms with Crippen LogP contribution >= 0.6 is 0 Å². The molecule has 17 heavy (non-hydrogen) atoms. The molecule has 2 aliphatic heterocycles. The van der Waals surface area contributed by atoms with Crippen molar-refractivity contribution in [1.82, 2.24) is 4.98 Å². The van der Waals surface area contributed by atoms with Crippen molar-refractivity contribution < 1.29 is 5.11 Å². The molecule has 3 rings (SSSR count). The minimum absolute atomic E-state index is 0.123. The van der Waals surface area contributed by atoms with E-state index in [-0.39, 0.29) is 6.10 Å². The molecule has 0 radical (unpaired) electrons. The summed E-state index contributed by atoms with van der Waals surface area (Å²) in [5, 5.41) is 9.81. The fourth-order valence-corrected chi connectivity index (χ4v) is 3.36. The molecule has 2 bridgehead atoms. The summed E-state index contributed by atoms with van der Waals surface area (Å²) < 4.78 is 0. The maximum absolute atomic E-state index is 9.81. The topological polar surface area (TPSA) is 62.4 Å². The van der Waals surface area contributed by atoms with Crippen LogP contribution in [-0.4, -0.2) is 28.3 Å². The van der Waals surface area contributed by atoms with Crippen molar-refractivity contribution in [1.29, 1.82) is 0 Å². The van der Waals surface area contributed by atoms with Crippen molar-refractivity contribution in [3.8, 4) is 0 Å². The Hall–Kier alpha value is -1.13. The van der Waals surface area contributed by atoms with E-state index < -0.39 is 0 Å². The van der Waals surface area contributed by atoms with Crippen molar-refractivity contribution in [2.24, 2.45) is 5.73 Å². The summed E-state index contributed by atoms with van der Waals surface area (Å²) >= 11 is 0. The average molecular weight is 233 g/mol. The molecule has 2 atom stereocenters. The number of aliphatic hydroxyl groups is 1. The highest BCUT2D eigenvalue weighted by Gasteiger charge is 2.40. The maximum atomic E-state index is 9.81. The lowest BCUT2D eigenvalue weighted by Gasteiger charge is -2.39. The van der Waals surface area contributed by atoms with E-state index in [0.29, 0.717) is 18.6 Å². The van der Waals surface area contributed by atoms with Gasteiger partial charge in [-0.15, -0.1) is 0 Å². The Labute approximate surface area is 101 Å². The summed E-state index contributed by atoms with van der Waals surface area (Å²) in [4.78, 5) is 6.67. The van der Waals surface area contributed by atoms with Gasteiger partial charge in [0.25, 0.3) is 0 Å². The van der Waals surface area contributed by atoms with E-state index in [1.165, 1.54) is 18.5 Å². The van der Waals surface area contributed by atoms with Crippen LogP contribution in [0.3, 0.4) is 0 Å². The van der Waals surface area contributed by atoms with Crippen LogP contribution in [0.4, 0.5) is 5.69 Å². The normalized spacial score (nSPS) is 31.9. The largest absolute Gasteiger partial charge is 0.393 e. The van der Waals surface area contributed by atoms with Crippen LogP contribution in [0.25, 0.3) is 0 Å². The molecule has 2 unspecified atom stereocenters. The molecule has 0 aliphatic carbocycles. The lowest BCUT2D eigenvalue weighted by Crippen LogP contribution is -2.45. The first-order valence-electron chi connectivity index (χ1n) is 6.39. The van der Waals surface area contributed by atoms with Crippen molar-refractivity contribution in [2.75, 3.05) is 4.90 Å². The fourth-order valence-electron chi connectivity index (χ4n) is 3.36. The zero-order valence-electron chi connectivity index (χ0n) is 9.92. The minimum atomic E-state index is -0.123. The number of hydrogen-bond donors (Lipinski definition) is 2. The lowest BCUT2D eigenvalue weighted by molar-refractivity contribution is 0.126. The monoisotopic (exact) mass is 233 g/mol. The number of aliphatic hydroxyl groups excluding tert-OH is 1. The highest BCUT2D eigenvalue weighted by molar-refractivity contribution is 5.55. The van der Waals surface area contributed by atoms with Gasteiger partial charge in [0.1, 0.15) is 0 Å². The number of anilines is 1. The van der Waals surface area contributed by atoms with Gasteiger partial charge < -0.3 is 15.7 Å². The lowest BCUT2D eigenvalue weighted by atomic mass is 9.98. The molecular weight excluding hydrogens is 214 g/mol. The molecule has 2 fully saturated rings. The van der Waals surface area contributed by atoms with E-state index in [1.807, 2.05) is 12.3 Å². The number of rotatable bonds is 2. The molecule has 1 aromatic rings. The van der Waals surface area contributed by atoms with Gasteiger partial charge in [-0.25, -0.2) is 0 Å². The van der Waals surface area contributed by atoms with Crippen LogP contribution in [0.15, 0.2) is 18.5 Å². The SMILES string of the molecule is NCc1ccncc1N1C2CCC1CC(O)C2. The molecule has 0 amide bonds. The van der Waals surface area contributed by atoms with Gasteiger partial charge in [0.05, 0.1) is 18.0 Å². The molecule has 0 spiro atoms. The first-order valence-corrected chi connectivity index (χ1v) is 6.39. The van der Waals surface area contributed by atoms with Crippen LogP contribution in [0.5, 0.6) is 0 Å². The summed E-state index contributed by atoms with van der Waals surface area (Å²) in [7, 11) is 0. The second-order valence-corrected chi connectivity index (χ2v) is 5.13. The summed E-state index contributed by atoms with van der Waals surface area (Å²) in [6.45, 7) is 0.552. The molecule has 2 aliphatic rings. The third-order valence-corrected chi connectivity index (χ3v) is 4.09. The zero-order valence-corrected chi connectivity index (χ0v) is 9.92. The highest BCUT2D eigenvalue weighted by atomic mass is 16.3. The van der Waals surface area contributed by atoms with Gasteiger partial charge >= 0.3 is 0 Å². The predicted octanol–water partition coefficient (Wildman–Crippen LogP) is 1.03. The van der Waals surface area contributed by atoms with Crippen molar-refractivity contribution in [3.63, 3.8) is 0 Å². The molecule has 4 nitrogen and oxygen atoms in total. The summed E-state index contributed by atoms with van der Waals surface area (Å²) in [5.74, 6) is 0. The van der Waals surface area contributed by atoms with Gasteiger partial charge in [0.2, 0.25) is 0 Å². The highest BCUT2D eigenvalue weighted by Crippen LogP contribution is 2.40. The molecule has 2 saturated heterocycles. The molecule has 3 N–H and O–H groups in total. The Morgan fingerprint density at radius 3 is 2.71 bits per heavy atom. The number of pyridine rings is 1. The second-order valence-electron chi connectivity index (χ2n) is 5.13. The molecule has 0 aromatic carbocycles. The summed E-state index contributed by atoms with van der Waals surface area (Å²) in [5.41, 5.74) is 8.13. The Bertz CT molecular complexity index is 395. The third-order valence-electron chi connectivity index (χ3n) is 4.09. The molecule has 0 saturated carbocycles. The molecule has 1 aromatic heterocycles. The van der Waals surface area contributed by atoms with Gasteiger partial charge in [-0.3, -0.25) is 4.98 Å². The van der Waals surface area contributed by atoms with Gasteiger partial charge in [-0.1, -0.05) is 0 Å². The van der Waals surface area contributed by atoms with E-state index in [2.05, 4.69) is 9.88 Å². The van der Waals surface area contributed by atoms with E-state index in [4.69, 9.17) is 5.73 Å². The number of aromatic nitrogens is 1. The molecule has 3 heterocycles. The van der Waals surface area contributed by atoms with Gasteiger partial charge in [0.15, 0.2) is 0 Å². The van der Waals surface area contributed by atoms with Gasteiger partial charge in [-0.2, -0.15) is 0 Å². The van der Waals surface area contributed by atoms with E-state index >= 15 is 0 Å². The molecular formula is C13H19N3O. The summed E-state index contributed by atoms with van der Waals surface area (Å²) in [6, 6.07) is 2.94. The first-order chi connectivity index (χ1) is 8.29. The maximum Gasteiger partial charge on any atom is 0.0603 e. The Balaban J connectivity index is 1.94. The number of hydrogen-bond acceptors (Lipinski definition) is 4. The first kappa shape index (κ1) is 11.0. The smallest absolute Gasteiger partial charge is 0.0603 e. The second kappa shape index (κ2) is 4.27. The van der Waals surface area contributed by atoms with Crippen LogP contribution in [0, 0.1) is 0 Å².